The summed E-state index contributed by atoms with van der Waals surface area (Å²) < 4.78 is 16.1. The quantitative estimate of drug-likeness (QED) is 0.297. The van der Waals surface area contributed by atoms with Gasteiger partial charge in [-0.2, -0.15) is 0 Å². The van der Waals surface area contributed by atoms with Crippen molar-refractivity contribution in [1.82, 2.24) is 16.0 Å². The number of nitrogens with zero attached hydrogens (tertiary/aromatic N) is 1. The van der Waals surface area contributed by atoms with Crippen LogP contribution in [-0.2, 0) is 14.3 Å². The van der Waals surface area contributed by atoms with Gasteiger partial charge in [0.15, 0.2) is 11.5 Å². The molecule has 1 aromatic rings. The molecule has 3 N–H and O–H groups in total. The van der Waals surface area contributed by atoms with E-state index in [4.69, 9.17) is 14.2 Å². The predicted octanol–water partition coefficient (Wildman–Crippen LogP) is 3.42. The fourth-order valence-corrected chi connectivity index (χ4v) is 4.82. The van der Waals surface area contributed by atoms with Gasteiger partial charge in [0.05, 0.1) is 19.1 Å². The van der Waals surface area contributed by atoms with Crippen LogP contribution in [0.4, 0.5) is 15.3 Å². The van der Waals surface area contributed by atoms with E-state index in [0.717, 1.165) is 23.9 Å². The summed E-state index contributed by atoms with van der Waals surface area (Å²) in [6.45, 7) is 7.13. The number of amides is 4. The minimum Gasteiger partial charge on any atom is -0.493 e. The smallest absolute Gasteiger partial charge is 0.407 e. The van der Waals surface area contributed by atoms with Crippen LogP contribution in [0, 0.1) is 0 Å². The molecule has 0 aromatic heterocycles. The summed E-state index contributed by atoms with van der Waals surface area (Å²) in [5.41, 5.74) is 0.976. The Morgan fingerprint density at radius 2 is 1.87 bits per heavy atom. The van der Waals surface area contributed by atoms with Gasteiger partial charge in [0.1, 0.15) is 5.60 Å². The van der Waals surface area contributed by atoms with Gasteiger partial charge < -0.3 is 29.7 Å². The number of methoxy groups -OCH3 is 2. The van der Waals surface area contributed by atoms with Crippen molar-refractivity contribution in [3.63, 3.8) is 0 Å². The summed E-state index contributed by atoms with van der Waals surface area (Å²) in [5.74, 6) is 0.565. The molecule has 2 aliphatic heterocycles. The molecule has 0 saturated carbocycles. The molecule has 12 heteroatoms. The third-order valence-electron chi connectivity index (χ3n) is 5.85. The number of thioether (sulfide) groups is 1. The maximum Gasteiger partial charge on any atom is 0.407 e. The lowest BCUT2D eigenvalue weighted by Crippen LogP contribution is -2.37. The molecule has 0 spiro atoms. The number of alkyl carbamates (subject to hydrolysis) is 1. The molecule has 4 amide bonds. The van der Waals surface area contributed by atoms with E-state index in [9.17, 15) is 19.2 Å². The third kappa shape index (κ3) is 8.30. The van der Waals surface area contributed by atoms with Crippen LogP contribution in [0.1, 0.15) is 52.0 Å². The Hall–Kier alpha value is -3.41. The summed E-state index contributed by atoms with van der Waals surface area (Å²) in [7, 11) is 3.08. The standard InChI is InChI=1S/C26H36N4O7S/c1-26(2,3)37-24(33)27-10-7-6-8-22(31)28-17-9-11-30(15-17)18-14-20(36-5)19(35-4)12-16(18)13-21-23(32)29-25(34)38-21/h12-14,17H,6-11,15H2,1-5H3,(H,27,33)(H,28,31)(H,29,32,34)/b21-13-/t17-/m1/s1. The van der Waals surface area contributed by atoms with Crippen molar-refractivity contribution >= 4 is 46.7 Å². The van der Waals surface area contributed by atoms with E-state index in [1.807, 2.05) is 6.07 Å². The summed E-state index contributed by atoms with van der Waals surface area (Å²) in [6, 6.07) is 3.57. The van der Waals surface area contributed by atoms with E-state index >= 15 is 0 Å². The number of carbonyl (C=O) groups is 4. The van der Waals surface area contributed by atoms with Crippen molar-refractivity contribution < 1.29 is 33.4 Å². The van der Waals surface area contributed by atoms with Crippen molar-refractivity contribution in [2.24, 2.45) is 0 Å². The van der Waals surface area contributed by atoms with E-state index in [-0.39, 0.29) is 11.9 Å². The van der Waals surface area contributed by atoms with Crippen LogP contribution in [-0.4, -0.2) is 68.6 Å². The highest BCUT2D eigenvalue weighted by atomic mass is 32.2. The second-order valence-electron chi connectivity index (χ2n) is 10.0. The van der Waals surface area contributed by atoms with Gasteiger partial charge in [0, 0.05) is 49.4 Å². The number of unbranched alkanes of at least 4 members (excludes halogenated alkanes) is 1. The Balaban J connectivity index is 1.56. The number of carbonyl (C=O) groups excluding carboxylic acids is 4. The molecule has 0 unspecified atom stereocenters. The first-order chi connectivity index (χ1) is 18.0. The Kier molecular flexibility index (Phi) is 9.90. The van der Waals surface area contributed by atoms with Crippen LogP contribution >= 0.6 is 11.8 Å². The van der Waals surface area contributed by atoms with Crippen LogP contribution < -0.4 is 30.3 Å². The lowest BCUT2D eigenvalue weighted by atomic mass is 10.1. The first kappa shape index (κ1) is 29.2. The highest BCUT2D eigenvalue weighted by molar-refractivity contribution is 8.18. The van der Waals surface area contributed by atoms with Crippen molar-refractivity contribution in [1.29, 1.82) is 0 Å². The van der Waals surface area contributed by atoms with Gasteiger partial charge in [-0.25, -0.2) is 4.79 Å². The lowest BCUT2D eigenvalue weighted by molar-refractivity contribution is -0.121. The highest BCUT2D eigenvalue weighted by Gasteiger charge is 2.29. The first-order valence-electron chi connectivity index (χ1n) is 12.5. The number of anilines is 1. The van der Waals surface area contributed by atoms with Crippen LogP contribution in [0.3, 0.4) is 0 Å². The van der Waals surface area contributed by atoms with Crippen LogP contribution in [0.2, 0.25) is 0 Å². The minimum absolute atomic E-state index is 0.0401. The predicted molar refractivity (Wildman–Crippen MR) is 146 cm³/mol. The van der Waals surface area contributed by atoms with Crippen molar-refractivity contribution in [2.45, 2.75) is 58.1 Å². The molecular formula is C26H36N4O7S. The topological polar surface area (TPSA) is 135 Å². The fourth-order valence-electron chi connectivity index (χ4n) is 4.15. The summed E-state index contributed by atoms with van der Waals surface area (Å²) >= 11 is 0.851. The third-order valence-corrected chi connectivity index (χ3v) is 6.66. The molecule has 11 nitrogen and oxygen atoms in total. The van der Waals surface area contributed by atoms with Gasteiger partial charge in [0.2, 0.25) is 5.91 Å². The largest absolute Gasteiger partial charge is 0.493 e. The average Bonchev–Trinajstić information content (AvgIpc) is 3.42. The number of nitrogens with one attached hydrogen (secondary N) is 3. The second kappa shape index (κ2) is 12.9. The van der Waals surface area contributed by atoms with Gasteiger partial charge in [0.25, 0.3) is 11.1 Å². The van der Waals surface area contributed by atoms with Crippen LogP contribution in [0.5, 0.6) is 11.5 Å². The van der Waals surface area contributed by atoms with Crippen LogP contribution in [0.15, 0.2) is 17.0 Å². The summed E-state index contributed by atoms with van der Waals surface area (Å²) in [6.07, 6.45) is 3.63. The van der Waals surface area contributed by atoms with Crippen molar-refractivity contribution in [2.75, 3.05) is 38.8 Å². The van der Waals surface area contributed by atoms with Gasteiger partial charge in [-0.05, 0) is 63.9 Å². The number of ether oxygens (including phenoxy) is 3. The fraction of sp³-hybridized carbons (Fsp3) is 0.538. The molecule has 0 aliphatic carbocycles. The summed E-state index contributed by atoms with van der Waals surface area (Å²) in [5, 5.41) is 7.64. The minimum atomic E-state index is -0.545. The van der Waals surface area contributed by atoms with Gasteiger partial charge >= 0.3 is 6.09 Å². The highest BCUT2D eigenvalue weighted by Crippen LogP contribution is 2.39. The molecule has 0 bridgehead atoms. The average molecular weight is 549 g/mol. The van der Waals surface area contributed by atoms with E-state index in [0.29, 0.717) is 60.9 Å². The molecule has 3 rings (SSSR count). The Morgan fingerprint density at radius 3 is 2.50 bits per heavy atom. The second-order valence-corrected chi connectivity index (χ2v) is 11.0. The number of hydrogen-bond donors (Lipinski definition) is 3. The maximum atomic E-state index is 12.5. The number of rotatable bonds is 10. The molecule has 2 aliphatic rings. The molecule has 2 saturated heterocycles. The van der Waals surface area contributed by atoms with E-state index in [2.05, 4.69) is 20.9 Å². The van der Waals surface area contributed by atoms with Crippen molar-refractivity contribution in [3.8, 4) is 11.5 Å². The Labute approximate surface area is 227 Å². The normalized spacial score (nSPS) is 18.4. The number of benzene rings is 1. The van der Waals surface area contributed by atoms with E-state index in [1.54, 1.807) is 40.0 Å². The van der Waals surface area contributed by atoms with E-state index in [1.165, 1.54) is 7.11 Å². The van der Waals surface area contributed by atoms with Gasteiger partial charge in [-0.3, -0.25) is 19.7 Å². The monoisotopic (exact) mass is 548 g/mol. The maximum absolute atomic E-state index is 12.5. The molecule has 0 radical (unpaired) electrons. The number of hydrogen-bond acceptors (Lipinski definition) is 9. The zero-order chi connectivity index (χ0) is 27.9. The lowest BCUT2D eigenvalue weighted by Gasteiger charge is -2.23. The molecule has 1 atom stereocenters. The van der Waals surface area contributed by atoms with Gasteiger partial charge in [-0.1, -0.05) is 0 Å². The molecule has 208 valence electrons. The molecule has 2 heterocycles. The van der Waals surface area contributed by atoms with Gasteiger partial charge in [-0.15, -0.1) is 0 Å². The Morgan fingerprint density at radius 1 is 1.16 bits per heavy atom. The molecular weight excluding hydrogens is 512 g/mol. The zero-order valence-corrected chi connectivity index (χ0v) is 23.3. The number of imide groups is 1. The van der Waals surface area contributed by atoms with Crippen LogP contribution in [0.25, 0.3) is 6.08 Å². The van der Waals surface area contributed by atoms with Crippen molar-refractivity contribution in [3.05, 3.63) is 22.6 Å². The first-order valence-corrected chi connectivity index (χ1v) is 13.3. The van der Waals surface area contributed by atoms with E-state index < -0.39 is 22.8 Å². The molecule has 2 fully saturated rings. The SMILES string of the molecule is COc1cc(/C=C2\SC(=O)NC2=O)c(N2CC[C@@H](NC(=O)CCCCNC(=O)OC(C)(C)C)C2)cc1OC. The zero-order valence-electron chi connectivity index (χ0n) is 22.5. The molecule has 1 aromatic carbocycles. The summed E-state index contributed by atoms with van der Waals surface area (Å²) in [4.78, 5) is 50.4. The Bertz CT molecular complexity index is 1100. The molecule has 38 heavy (non-hydrogen) atoms.